The number of benzene rings is 1. The van der Waals surface area contributed by atoms with Gasteiger partial charge in [0.05, 0.1) is 12.3 Å². The van der Waals surface area contributed by atoms with Crippen molar-refractivity contribution in [3.8, 4) is 11.5 Å². The van der Waals surface area contributed by atoms with E-state index in [2.05, 4.69) is 20.9 Å². The Morgan fingerprint density at radius 1 is 1.35 bits per heavy atom. The zero-order valence-corrected chi connectivity index (χ0v) is 11.4. The number of hydrogen-bond acceptors (Lipinski definition) is 3. The van der Waals surface area contributed by atoms with Crippen molar-refractivity contribution < 1.29 is 9.52 Å². The van der Waals surface area contributed by atoms with Gasteiger partial charge in [-0.15, -0.1) is 0 Å². The monoisotopic (exact) mass is 295 g/mol. The van der Waals surface area contributed by atoms with Crippen molar-refractivity contribution in [2.24, 2.45) is 0 Å². The number of aryl methyl sites for hydroxylation is 1. The van der Waals surface area contributed by atoms with Crippen LogP contribution in [-0.4, -0.2) is 16.7 Å². The van der Waals surface area contributed by atoms with Gasteiger partial charge in [-0.05, 0) is 31.2 Å². The van der Waals surface area contributed by atoms with Gasteiger partial charge in [0.25, 0.3) is 0 Å². The van der Waals surface area contributed by atoms with Crippen LogP contribution in [0.3, 0.4) is 0 Å². The Balaban J connectivity index is 2.37. The first-order valence-electron chi connectivity index (χ1n) is 5.46. The normalized spacial score (nSPS) is 12.7. The predicted molar refractivity (Wildman–Crippen MR) is 69.9 cm³/mol. The van der Waals surface area contributed by atoms with Crippen LogP contribution < -0.4 is 0 Å². The first-order valence-corrected chi connectivity index (χ1v) is 6.25. The van der Waals surface area contributed by atoms with Crippen molar-refractivity contribution in [2.45, 2.75) is 19.8 Å². The maximum atomic E-state index is 9.14. The molecule has 0 spiro atoms. The first-order chi connectivity index (χ1) is 8.11. The molecule has 1 atom stereocenters. The fourth-order valence-corrected chi connectivity index (χ4v) is 1.93. The molecule has 4 heteroatoms. The number of aliphatic hydroxyl groups excluding tert-OH is 1. The highest BCUT2D eigenvalue weighted by Crippen LogP contribution is 2.26. The summed E-state index contributed by atoms with van der Waals surface area (Å²) in [5, 5.41) is 9.14. The lowest BCUT2D eigenvalue weighted by molar-refractivity contribution is 0.270. The van der Waals surface area contributed by atoms with Gasteiger partial charge in [0, 0.05) is 16.0 Å². The molecule has 1 heterocycles. The third-order valence-corrected chi connectivity index (χ3v) is 3.19. The quantitative estimate of drug-likeness (QED) is 0.942. The van der Waals surface area contributed by atoms with Crippen LogP contribution in [0, 0.1) is 6.92 Å². The molecule has 0 aliphatic rings. The number of aromatic nitrogens is 1. The SMILES string of the molecule is Cc1oc(-c2ccc(Br)cc2)nc1C(C)CO. The maximum Gasteiger partial charge on any atom is 0.226 e. The molecule has 0 radical (unpaired) electrons. The summed E-state index contributed by atoms with van der Waals surface area (Å²) < 4.78 is 6.65. The second-order valence-electron chi connectivity index (χ2n) is 4.05. The zero-order valence-electron chi connectivity index (χ0n) is 9.77. The fourth-order valence-electron chi connectivity index (χ4n) is 1.67. The van der Waals surface area contributed by atoms with E-state index in [9.17, 15) is 0 Å². The lowest BCUT2D eigenvalue weighted by Gasteiger charge is -2.02. The minimum atomic E-state index is 0.00273. The van der Waals surface area contributed by atoms with Gasteiger partial charge in [0.15, 0.2) is 0 Å². The van der Waals surface area contributed by atoms with Crippen molar-refractivity contribution in [1.29, 1.82) is 0 Å². The van der Waals surface area contributed by atoms with Crippen LogP contribution in [0.15, 0.2) is 33.2 Å². The van der Waals surface area contributed by atoms with Crippen LogP contribution >= 0.6 is 15.9 Å². The largest absolute Gasteiger partial charge is 0.441 e. The van der Waals surface area contributed by atoms with Crippen LogP contribution in [-0.2, 0) is 0 Å². The average Bonchev–Trinajstić information content (AvgIpc) is 2.71. The van der Waals surface area contributed by atoms with Gasteiger partial charge in [-0.25, -0.2) is 4.98 Å². The Labute approximate surface area is 109 Å². The molecule has 0 saturated heterocycles. The second kappa shape index (κ2) is 5.02. The van der Waals surface area contributed by atoms with Gasteiger partial charge in [0.2, 0.25) is 5.89 Å². The third kappa shape index (κ3) is 2.58. The topological polar surface area (TPSA) is 46.3 Å². The third-order valence-electron chi connectivity index (χ3n) is 2.66. The average molecular weight is 296 g/mol. The van der Waals surface area contributed by atoms with Crippen molar-refractivity contribution >= 4 is 15.9 Å². The van der Waals surface area contributed by atoms with Gasteiger partial charge in [0.1, 0.15) is 5.76 Å². The summed E-state index contributed by atoms with van der Waals surface area (Å²) in [6, 6.07) is 7.79. The molecule has 2 aromatic rings. The minimum Gasteiger partial charge on any atom is -0.441 e. The molecule has 0 saturated carbocycles. The van der Waals surface area contributed by atoms with E-state index in [1.54, 1.807) is 0 Å². The summed E-state index contributed by atoms with van der Waals surface area (Å²) in [5.41, 5.74) is 1.76. The maximum absolute atomic E-state index is 9.14. The summed E-state index contributed by atoms with van der Waals surface area (Å²) in [6.45, 7) is 3.88. The minimum absolute atomic E-state index is 0.00273. The number of halogens is 1. The van der Waals surface area contributed by atoms with Crippen molar-refractivity contribution in [3.05, 3.63) is 40.2 Å². The van der Waals surface area contributed by atoms with Crippen LogP contribution in [0.4, 0.5) is 0 Å². The standard InChI is InChI=1S/C13H14BrNO2/c1-8(7-16)12-9(2)17-13(15-12)10-3-5-11(14)6-4-10/h3-6,8,16H,7H2,1-2H3. The molecule has 0 aliphatic carbocycles. The summed E-state index contributed by atoms with van der Waals surface area (Å²) in [6.07, 6.45) is 0. The summed E-state index contributed by atoms with van der Waals surface area (Å²) in [5.74, 6) is 1.37. The zero-order chi connectivity index (χ0) is 12.4. The molecule has 0 aliphatic heterocycles. The Morgan fingerprint density at radius 3 is 2.59 bits per heavy atom. The van der Waals surface area contributed by atoms with E-state index < -0.39 is 0 Å². The highest BCUT2D eigenvalue weighted by atomic mass is 79.9. The molecule has 1 N–H and O–H groups in total. The molecular weight excluding hydrogens is 282 g/mol. The molecule has 0 fully saturated rings. The number of rotatable bonds is 3. The Morgan fingerprint density at radius 2 is 2.00 bits per heavy atom. The lowest BCUT2D eigenvalue weighted by Crippen LogP contribution is -2.00. The van der Waals surface area contributed by atoms with Gasteiger partial charge < -0.3 is 9.52 Å². The van der Waals surface area contributed by atoms with E-state index in [0.29, 0.717) is 5.89 Å². The van der Waals surface area contributed by atoms with Crippen LogP contribution in [0.25, 0.3) is 11.5 Å². The van der Waals surface area contributed by atoms with Gasteiger partial charge >= 0.3 is 0 Å². The Hall–Kier alpha value is -1.13. The van der Waals surface area contributed by atoms with E-state index >= 15 is 0 Å². The molecule has 3 nitrogen and oxygen atoms in total. The molecule has 17 heavy (non-hydrogen) atoms. The first kappa shape index (κ1) is 12.3. The molecule has 1 unspecified atom stereocenters. The predicted octanol–water partition coefficient (Wildman–Crippen LogP) is 3.51. The van der Waals surface area contributed by atoms with E-state index in [-0.39, 0.29) is 12.5 Å². The van der Waals surface area contributed by atoms with E-state index in [1.807, 2.05) is 38.1 Å². The second-order valence-corrected chi connectivity index (χ2v) is 4.97. The van der Waals surface area contributed by atoms with Gasteiger partial charge in [-0.2, -0.15) is 0 Å². The number of aliphatic hydroxyl groups is 1. The van der Waals surface area contributed by atoms with Crippen LogP contribution in [0.1, 0.15) is 24.3 Å². The molecule has 90 valence electrons. The molecule has 0 bridgehead atoms. The van der Waals surface area contributed by atoms with Crippen molar-refractivity contribution in [3.63, 3.8) is 0 Å². The summed E-state index contributed by atoms with van der Waals surface area (Å²) >= 11 is 3.39. The van der Waals surface area contributed by atoms with E-state index in [0.717, 1.165) is 21.5 Å². The molecule has 1 aromatic carbocycles. The van der Waals surface area contributed by atoms with Gasteiger partial charge in [-0.3, -0.25) is 0 Å². The smallest absolute Gasteiger partial charge is 0.226 e. The van der Waals surface area contributed by atoms with E-state index in [4.69, 9.17) is 9.52 Å². The fraction of sp³-hybridized carbons (Fsp3) is 0.308. The number of hydrogen-bond donors (Lipinski definition) is 1. The van der Waals surface area contributed by atoms with Crippen LogP contribution in [0.2, 0.25) is 0 Å². The highest BCUT2D eigenvalue weighted by molar-refractivity contribution is 9.10. The van der Waals surface area contributed by atoms with Gasteiger partial charge in [-0.1, -0.05) is 22.9 Å². The molecule has 0 amide bonds. The van der Waals surface area contributed by atoms with E-state index in [1.165, 1.54) is 0 Å². The lowest BCUT2D eigenvalue weighted by atomic mass is 10.1. The Bertz CT molecular complexity index is 505. The molecule has 2 rings (SSSR count). The Kier molecular flexibility index (Phi) is 3.64. The van der Waals surface area contributed by atoms with Crippen molar-refractivity contribution in [2.75, 3.05) is 6.61 Å². The molecular formula is C13H14BrNO2. The van der Waals surface area contributed by atoms with Crippen molar-refractivity contribution in [1.82, 2.24) is 4.98 Å². The molecule has 1 aromatic heterocycles. The number of nitrogens with zero attached hydrogens (tertiary/aromatic N) is 1. The number of oxazole rings is 1. The summed E-state index contributed by atoms with van der Waals surface area (Å²) in [7, 11) is 0. The van der Waals surface area contributed by atoms with Crippen LogP contribution in [0.5, 0.6) is 0 Å². The summed E-state index contributed by atoms with van der Waals surface area (Å²) in [4.78, 5) is 4.44. The highest BCUT2D eigenvalue weighted by Gasteiger charge is 2.16.